The third kappa shape index (κ3) is 2.16. The summed E-state index contributed by atoms with van der Waals surface area (Å²) >= 11 is 0. The second-order valence-electron chi connectivity index (χ2n) is 5.66. The Labute approximate surface area is 98.4 Å². The molecule has 2 nitrogen and oxygen atoms in total. The maximum Gasteiger partial charge on any atom is 0.0629 e. The number of nitrogen functional groups attached to an aromatic ring is 1. The van der Waals surface area contributed by atoms with Crippen molar-refractivity contribution >= 4 is 11.4 Å². The highest BCUT2D eigenvalue weighted by Gasteiger charge is 2.26. The molecule has 0 bridgehead atoms. The lowest BCUT2D eigenvalue weighted by molar-refractivity contribution is 0.280. The van der Waals surface area contributed by atoms with Crippen molar-refractivity contribution in [3.63, 3.8) is 0 Å². The normalized spacial score (nSPS) is 19.8. The summed E-state index contributed by atoms with van der Waals surface area (Å²) in [5.74, 6) is 0. The van der Waals surface area contributed by atoms with E-state index >= 15 is 0 Å². The molecule has 0 atom stereocenters. The van der Waals surface area contributed by atoms with Gasteiger partial charge in [-0.25, -0.2) is 0 Å². The van der Waals surface area contributed by atoms with Gasteiger partial charge in [0.05, 0.1) is 11.4 Å². The minimum atomic E-state index is 0.494. The molecule has 16 heavy (non-hydrogen) atoms. The smallest absolute Gasteiger partial charge is 0.0629 e. The molecule has 1 fully saturated rings. The second kappa shape index (κ2) is 4.00. The van der Waals surface area contributed by atoms with Gasteiger partial charge in [0.1, 0.15) is 0 Å². The van der Waals surface area contributed by atoms with Crippen LogP contribution < -0.4 is 10.6 Å². The summed E-state index contributed by atoms with van der Waals surface area (Å²) in [4.78, 5) is 2.44. The first-order chi connectivity index (χ1) is 7.49. The van der Waals surface area contributed by atoms with Gasteiger partial charge in [0.2, 0.25) is 0 Å². The van der Waals surface area contributed by atoms with E-state index in [1.165, 1.54) is 24.1 Å². The highest BCUT2D eigenvalue weighted by atomic mass is 15.1. The minimum absolute atomic E-state index is 0.494. The van der Waals surface area contributed by atoms with Crippen molar-refractivity contribution in [1.82, 2.24) is 0 Å². The Hall–Kier alpha value is -1.18. The molecule has 1 aromatic rings. The zero-order chi connectivity index (χ0) is 11.8. The molecule has 0 radical (unpaired) electrons. The monoisotopic (exact) mass is 218 g/mol. The highest BCUT2D eigenvalue weighted by molar-refractivity contribution is 5.71. The Morgan fingerprint density at radius 1 is 1.19 bits per heavy atom. The van der Waals surface area contributed by atoms with Gasteiger partial charge in [-0.2, -0.15) is 0 Å². The van der Waals surface area contributed by atoms with Gasteiger partial charge in [0, 0.05) is 13.1 Å². The van der Waals surface area contributed by atoms with Crippen molar-refractivity contribution in [2.24, 2.45) is 5.41 Å². The van der Waals surface area contributed by atoms with E-state index in [2.05, 4.69) is 31.7 Å². The van der Waals surface area contributed by atoms with Crippen LogP contribution in [0.15, 0.2) is 18.2 Å². The maximum absolute atomic E-state index is 6.08. The largest absolute Gasteiger partial charge is 0.397 e. The predicted molar refractivity (Wildman–Crippen MR) is 70.8 cm³/mol. The number of nitrogens with zero attached hydrogens (tertiary/aromatic N) is 1. The van der Waals surface area contributed by atoms with E-state index in [0.29, 0.717) is 5.41 Å². The molecule has 0 amide bonds. The number of benzene rings is 1. The van der Waals surface area contributed by atoms with Gasteiger partial charge in [0.25, 0.3) is 0 Å². The summed E-state index contributed by atoms with van der Waals surface area (Å²) in [6.07, 6.45) is 2.50. The molecule has 1 aliphatic heterocycles. The Morgan fingerprint density at radius 2 is 1.81 bits per heavy atom. The second-order valence-corrected chi connectivity index (χ2v) is 5.66. The van der Waals surface area contributed by atoms with Crippen molar-refractivity contribution in [2.45, 2.75) is 33.6 Å². The zero-order valence-corrected chi connectivity index (χ0v) is 10.6. The van der Waals surface area contributed by atoms with Crippen LogP contribution >= 0.6 is 0 Å². The summed E-state index contributed by atoms with van der Waals surface area (Å²) in [5.41, 5.74) is 10.0. The fourth-order valence-electron chi connectivity index (χ4n) is 2.45. The van der Waals surface area contributed by atoms with Crippen LogP contribution in [0, 0.1) is 12.3 Å². The molecular weight excluding hydrogens is 196 g/mol. The lowest BCUT2D eigenvalue weighted by Crippen LogP contribution is -2.38. The Balaban J connectivity index is 2.20. The Kier molecular flexibility index (Phi) is 2.83. The lowest BCUT2D eigenvalue weighted by Gasteiger charge is -2.39. The minimum Gasteiger partial charge on any atom is -0.397 e. The first kappa shape index (κ1) is 11.3. The quantitative estimate of drug-likeness (QED) is 0.733. The van der Waals surface area contributed by atoms with Crippen molar-refractivity contribution in [2.75, 3.05) is 23.7 Å². The molecule has 2 rings (SSSR count). The van der Waals surface area contributed by atoms with Crippen molar-refractivity contribution in [3.05, 3.63) is 23.8 Å². The molecule has 1 aliphatic rings. The molecule has 1 aromatic carbocycles. The highest BCUT2D eigenvalue weighted by Crippen LogP contribution is 2.35. The number of para-hydroxylation sites is 1. The van der Waals surface area contributed by atoms with Crippen molar-refractivity contribution in [1.29, 1.82) is 0 Å². The summed E-state index contributed by atoms with van der Waals surface area (Å²) in [5, 5.41) is 0. The molecule has 0 spiro atoms. The molecule has 0 aromatic heterocycles. The van der Waals surface area contributed by atoms with Crippen LogP contribution in [0.5, 0.6) is 0 Å². The Bertz CT molecular complexity index is 352. The van der Waals surface area contributed by atoms with E-state index in [1.807, 2.05) is 12.1 Å². The third-order valence-corrected chi connectivity index (χ3v) is 3.70. The van der Waals surface area contributed by atoms with Crippen LogP contribution in [0.2, 0.25) is 0 Å². The van der Waals surface area contributed by atoms with Crippen LogP contribution in [0.3, 0.4) is 0 Å². The number of piperidine rings is 1. The fourth-order valence-corrected chi connectivity index (χ4v) is 2.45. The molecular formula is C14H22N2. The maximum atomic E-state index is 6.08. The molecule has 0 unspecified atom stereocenters. The van der Waals surface area contributed by atoms with Gasteiger partial charge in [0.15, 0.2) is 0 Å². The average molecular weight is 218 g/mol. The molecule has 88 valence electrons. The van der Waals surface area contributed by atoms with Crippen LogP contribution in [0.4, 0.5) is 11.4 Å². The fraction of sp³-hybridized carbons (Fsp3) is 0.571. The van der Waals surface area contributed by atoms with Gasteiger partial charge in [-0.3, -0.25) is 0 Å². The van der Waals surface area contributed by atoms with Gasteiger partial charge in [-0.1, -0.05) is 26.0 Å². The average Bonchev–Trinajstić information content (AvgIpc) is 2.20. The topological polar surface area (TPSA) is 29.3 Å². The van der Waals surface area contributed by atoms with E-state index < -0.39 is 0 Å². The number of anilines is 2. The zero-order valence-electron chi connectivity index (χ0n) is 10.6. The molecule has 2 heteroatoms. The molecule has 0 aliphatic carbocycles. The Morgan fingerprint density at radius 3 is 2.38 bits per heavy atom. The number of aryl methyl sites for hydroxylation is 1. The molecule has 2 N–H and O–H groups in total. The van der Waals surface area contributed by atoms with Crippen molar-refractivity contribution in [3.8, 4) is 0 Å². The van der Waals surface area contributed by atoms with Crippen LogP contribution in [0.1, 0.15) is 32.3 Å². The van der Waals surface area contributed by atoms with E-state index in [0.717, 1.165) is 18.8 Å². The van der Waals surface area contributed by atoms with Crippen LogP contribution in [-0.4, -0.2) is 13.1 Å². The number of rotatable bonds is 1. The molecule has 1 saturated heterocycles. The van der Waals surface area contributed by atoms with Crippen molar-refractivity contribution < 1.29 is 0 Å². The standard InChI is InChI=1S/C14H22N2/c1-11-5-4-6-12(15)13(11)16-9-7-14(2,3)8-10-16/h4-6H,7-10,15H2,1-3H3. The SMILES string of the molecule is Cc1cccc(N)c1N1CCC(C)(C)CC1. The molecule has 0 saturated carbocycles. The van der Waals surface area contributed by atoms with Gasteiger partial charge < -0.3 is 10.6 Å². The van der Waals surface area contributed by atoms with E-state index in [-0.39, 0.29) is 0 Å². The van der Waals surface area contributed by atoms with Gasteiger partial charge in [-0.05, 0) is 36.8 Å². The van der Waals surface area contributed by atoms with Gasteiger partial charge in [-0.15, -0.1) is 0 Å². The van der Waals surface area contributed by atoms with Gasteiger partial charge >= 0.3 is 0 Å². The van der Waals surface area contributed by atoms with Crippen LogP contribution in [0.25, 0.3) is 0 Å². The van der Waals surface area contributed by atoms with E-state index in [1.54, 1.807) is 0 Å². The number of nitrogens with two attached hydrogens (primary N) is 1. The molecule has 1 heterocycles. The number of hydrogen-bond acceptors (Lipinski definition) is 2. The predicted octanol–water partition coefficient (Wildman–Crippen LogP) is 3.20. The van der Waals surface area contributed by atoms with Crippen LogP contribution in [-0.2, 0) is 0 Å². The summed E-state index contributed by atoms with van der Waals surface area (Å²) in [6, 6.07) is 6.18. The summed E-state index contributed by atoms with van der Waals surface area (Å²) in [6.45, 7) is 9.10. The summed E-state index contributed by atoms with van der Waals surface area (Å²) < 4.78 is 0. The van der Waals surface area contributed by atoms with E-state index in [9.17, 15) is 0 Å². The summed E-state index contributed by atoms with van der Waals surface area (Å²) in [7, 11) is 0. The first-order valence-corrected chi connectivity index (χ1v) is 6.10. The third-order valence-electron chi connectivity index (χ3n) is 3.70. The van der Waals surface area contributed by atoms with E-state index in [4.69, 9.17) is 5.73 Å². The number of hydrogen-bond donors (Lipinski definition) is 1. The first-order valence-electron chi connectivity index (χ1n) is 6.10. The lowest BCUT2D eigenvalue weighted by atomic mass is 9.82.